The summed E-state index contributed by atoms with van der Waals surface area (Å²) in [5.41, 5.74) is 2.62. The SMILES string of the molecule is CCn1cc(Br)cc1C(=O)Nc1ccccc1N1CCN(C)CC1. The predicted octanol–water partition coefficient (Wildman–Crippen LogP) is 3.27. The molecule has 0 atom stereocenters. The van der Waals surface area contributed by atoms with Gasteiger partial charge in [-0.25, -0.2) is 0 Å². The van der Waals surface area contributed by atoms with E-state index in [2.05, 4.69) is 44.2 Å². The van der Waals surface area contributed by atoms with Crippen LogP contribution >= 0.6 is 15.9 Å². The van der Waals surface area contributed by atoms with E-state index in [-0.39, 0.29) is 5.91 Å². The second-order valence-corrected chi connectivity index (χ2v) is 7.01. The quantitative estimate of drug-likeness (QED) is 0.870. The molecule has 1 saturated heterocycles. The summed E-state index contributed by atoms with van der Waals surface area (Å²) in [7, 11) is 2.14. The first-order valence-corrected chi connectivity index (χ1v) is 9.07. The molecule has 0 unspecified atom stereocenters. The third kappa shape index (κ3) is 3.65. The van der Waals surface area contributed by atoms with Gasteiger partial charge in [0.2, 0.25) is 0 Å². The lowest BCUT2D eigenvalue weighted by atomic mass is 10.2. The van der Waals surface area contributed by atoms with E-state index in [1.54, 1.807) is 0 Å². The Balaban J connectivity index is 1.81. The third-order valence-electron chi connectivity index (χ3n) is 4.43. The van der Waals surface area contributed by atoms with Crippen LogP contribution in [0.2, 0.25) is 0 Å². The minimum absolute atomic E-state index is 0.0795. The van der Waals surface area contributed by atoms with Crippen molar-refractivity contribution in [1.82, 2.24) is 9.47 Å². The molecule has 1 aliphatic rings. The molecular weight excluding hydrogens is 368 g/mol. The molecule has 0 bridgehead atoms. The Labute approximate surface area is 151 Å². The number of nitrogens with zero attached hydrogens (tertiary/aromatic N) is 3. The van der Waals surface area contributed by atoms with E-state index in [4.69, 9.17) is 0 Å². The number of carbonyl (C=O) groups excluding carboxylic acids is 1. The van der Waals surface area contributed by atoms with Crippen molar-refractivity contribution in [2.24, 2.45) is 0 Å². The molecule has 24 heavy (non-hydrogen) atoms. The number of amides is 1. The van der Waals surface area contributed by atoms with Crippen molar-refractivity contribution in [3.63, 3.8) is 0 Å². The molecule has 0 saturated carbocycles. The number of benzene rings is 1. The van der Waals surface area contributed by atoms with Gasteiger partial charge in [-0.05, 0) is 48.1 Å². The van der Waals surface area contributed by atoms with Crippen molar-refractivity contribution >= 4 is 33.2 Å². The molecule has 2 heterocycles. The van der Waals surface area contributed by atoms with Gasteiger partial charge in [0.15, 0.2) is 0 Å². The monoisotopic (exact) mass is 390 g/mol. The summed E-state index contributed by atoms with van der Waals surface area (Å²) < 4.78 is 2.86. The maximum absolute atomic E-state index is 12.7. The molecule has 1 N–H and O–H groups in total. The lowest BCUT2D eigenvalue weighted by Gasteiger charge is -2.35. The van der Waals surface area contributed by atoms with Crippen LogP contribution in [0.25, 0.3) is 0 Å². The smallest absolute Gasteiger partial charge is 0.272 e. The number of likely N-dealkylation sites (N-methyl/N-ethyl adjacent to an activating group) is 1. The Morgan fingerprint density at radius 3 is 2.62 bits per heavy atom. The second kappa shape index (κ2) is 7.40. The molecule has 1 aromatic heterocycles. The number of piperazine rings is 1. The van der Waals surface area contributed by atoms with E-state index >= 15 is 0 Å². The van der Waals surface area contributed by atoms with Crippen molar-refractivity contribution < 1.29 is 4.79 Å². The number of para-hydroxylation sites is 2. The van der Waals surface area contributed by atoms with E-state index in [9.17, 15) is 4.79 Å². The van der Waals surface area contributed by atoms with Crippen LogP contribution in [0.1, 0.15) is 17.4 Å². The van der Waals surface area contributed by atoms with Crippen LogP contribution in [-0.2, 0) is 6.54 Å². The zero-order valence-corrected chi connectivity index (χ0v) is 15.7. The fourth-order valence-corrected chi connectivity index (χ4v) is 3.48. The number of anilines is 2. The molecule has 6 heteroatoms. The highest BCUT2D eigenvalue weighted by atomic mass is 79.9. The van der Waals surface area contributed by atoms with Crippen LogP contribution in [-0.4, -0.2) is 48.6 Å². The number of nitrogens with one attached hydrogen (secondary N) is 1. The van der Waals surface area contributed by atoms with E-state index < -0.39 is 0 Å². The van der Waals surface area contributed by atoms with Crippen molar-refractivity contribution in [2.45, 2.75) is 13.5 Å². The molecule has 1 fully saturated rings. The van der Waals surface area contributed by atoms with Gasteiger partial charge in [-0.3, -0.25) is 4.79 Å². The summed E-state index contributed by atoms with van der Waals surface area (Å²) in [6.45, 7) is 6.80. The summed E-state index contributed by atoms with van der Waals surface area (Å²) in [6, 6.07) is 9.89. The Morgan fingerprint density at radius 2 is 1.92 bits per heavy atom. The van der Waals surface area contributed by atoms with Gasteiger partial charge in [0.25, 0.3) is 5.91 Å². The summed E-state index contributed by atoms with van der Waals surface area (Å²) in [5, 5.41) is 3.09. The van der Waals surface area contributed by atoms with Gasteiger partial charge in [-0.2, -0.15) is 0 Å². The number of hydrogen-bond acceptors (Lipinski definition) is 3. The van der Waals surface area contributed by atoms with Crippen molar-refractivity contribution in [3.05, 3.63) is 46.7 Å². The summed E-state index contributed by atoms with van der Waals surface area (Å²) >= 11 is 3.45. The normalized spacial score (nSPS) is 15.5. The molecular formula is C18H23BrN4O. The number of halogens is 1. The van der Waals surface area contributed by atoms with Crippen LogP contribution in [0, 0.1) is 0 Å². The van der Waals surface area contributed by atoms with Gasteiger partial charge in [-0.1, -0.05) is 12.1 Å². The average molecular weight is 391 g/mol. The molecule has 128 valence electrons. The van der Waals surface area contributed by atoms with Gasteiger partial charge < -0.3 is 19.7 Å². The van der Waals surface area contributed by atoms with Crippen LogP contribution in [0.3, 0.4) is 0 Å². The Hall–Kier alpha value is -1.79. The van der Waals surface area contributed by atoms with Gasteiger partial charge in [0.1, 0.15) is 5.69 Å². The number of carbonyl (C=O) groups is 1. The largest absolute Gasteiger partial charge is 0.367 e. The Kier molecular flexibility index (Phi) is 5.26. The molecule has 5 nitrogen and oxygen atoms in total. The maximum Gasteiger partial charge on any atom is 0.272 e. The Bertz CT molecular complexity index is 720. The Morgan fingerprint density at radius 1 is 1.21 bits per heavy atom. The fourth-order valence-electron chi connectivity index (χ4n) is 3.02. The van der Waals surface area contributed by atoms with E-state index in [1.165, 1.54) is 0 Å². The first kappa shape index (κ1) is 17.0. The average Bonchev–Trinajstić information content (AvgIpc) is 2.97. The van der Waals surface area contributed by atoms with Gasteiger partial charge in [-0.15, -0.1) is 0 Å². The first-order valence-electron chi connectivity index (χ1n) is 8.28. The highest BCUT2D eigenvalue weighted by Crippen LogP contribution is 2.27. The molecule has 1 aliphatic heterocycles. The zero-order valence-electron chi connectivity index (χ0n) is 14.1. The topological polar surface area (TPSA) is 40.5 Å². The van der Waals surface area contributed by atoms with E-state index in [1.807, 2.05) is 42.0 Å². The minimum Gasteiger partial charge on any atom is -0.367 e. The third-order valence-corrected chi connectivity index (χ3v) is 4.87. The van der Waals surface area contributed by atoms with Crippen LogP contribution in [0.4, 0.5) is 11.4 Å². The van der Waals surface area contributed by atoms with E-state index in [0.29, 0.717) is 5.69 Å². The summed E-state index contributed by atoms with van der Waals surface area (Å²) in [6.07, 6.45) is 1.93. The number of hydrogen-bond donors (Lipinski definition) is 1. The fraction of sp³-hybridized carbons (Fsp3) is 0.389. The molecule has 3 rings (SSSR count). The van der Waals surface area contributed by atoms with Crippen LogP contribution in [0.5, 0.6) is 0 Å². The lowest BCUT2D eigenvalue weighted by molar-refractivity contribution is 0.101. The van der Waals surface area contributed by atoms with Gasteiger partial charge >= 0.3 is 0 Å². The highest BCUT2D eigenvalue weighted by Gasteiger charge is 2.19. The van der Waals surface area contributed by atoms with Crippen LogP contribution in [0.15, 0.2) is 41.0 Å². The van der Waals surface area contributed by atoms with Crippen molar-refractivity contribution in [2.75, 3.05) is 43.4 Å². The minimum atomic E-state index is -0.0795. The highest BCUT2D eigenvalue weighted by molar-refractivity contribution is 9.10. The number of aromatic nitrogens is 1. The van der Waals surface area contributed by atoms with Crippen molar-refractivity contribution in [1.29, 1.82) is 0 Å². The summed E-state index contributed by atoms with van der Waals surface area (Å²) in [5.74, 6) is -0.0795. The molecule has 0 spiro atoms. The maximum atomic E-state index is 12.7. The molecule has 0 aliphatic carbocycles. The van der Waals surface area contributed by atoms with Gasteiger partial charge in [0.05, 0.1) is 11.4 Å². The standard InChI is InChI=1S/C18H23BrN4O/c1-3-22-13-14(19)12-17(22)18(24)20-15-6-4-5-7-16(15)23-10-8-21(2)9-11-23/h4-7,12-13H,3,8-11H2,1-2H3,(H,20,24). The zero-order chi connectivity index (χ0) is 17.1. The van der Waals surface area contributed by atoms with Gasteiger partial charge in [0, 0.05) is 43.4 Å². The molecule has 0 radical (unpaired) electrons. The number of rotatable bonds is 4. The molecule has 2 aromatic rings. The number of aryl methyl sites for hydroxylation is 1. The first-order chi connectivity index (χ1) is 11.6. The van der Waals surface area contributed by atoms with Crippen LogP contribution < -0.4 is 10.2 Å². The molecule has 1 amide bonds. The summed E-state index contributed by atoms with van der Waals surface area (Å²) in [4.78, 5) is 17.4. The lowest BCUT2D eigenvalue weighted by Crippen LogP contribution is -2.44. The molecule has 1 aromatic carbocycles. The van der Waals surface area contributed by atoms with E-state index in [0.717, 1.165) is 48.6 Å². The predicted molar refractivity (Wildman–Crippen MR) is 102 cm³/mol. The second-order valence-electron chi connectivity index (χ2n) is 6.09. The van der Waals surface area contributed by atoms with Crippen molar-refractivity contribution in [3.8, 4) is 0 Å².